The van der Waals surface area contributed by atoms with Crippen LogP contribution in [0.25, 0.3) is 0 Å². The van der Waals surface area contributed by atoms with E-state index in [1.54, 1.807) is 0 Å². The van der Waals surface area contributed by atoms with Gasteiger partial charge in [0.2, 0.25) is 0 Å². The van der Waals surface area contributed by atoms with E-state index in [0.29, 0.717) is 5.75 Å². The van der Waals surface area contributed by atoms with Crippen molar-refractivity contribution in [1.82, 2.24) is 5.32 Å². The minimum Gasteiger partial charge on any atom is -0.313 e. The third-order valence-corrected chi connectivity index (χ3v) is 8.24. The first-order chi connectivity index (χ1) is 9.21. The normalized spacial score (nSPS) is 37.0. The molecule has 0 aromatic carbocycles. The lowest BCUT2D eigenvalue weighted by Crippen LogP contribution is -2.38. The zero-order chi connectivity index (χ0) is 14.6. The fourth-order valence-electron chi connectivity index (χ4n) is 3.75. The molecule has 4 heteroatoms. The van der Waals surface area contributed by atoms with E-state index in [0.717, 1.165) is 30.8 Å². The van der Waals surface area contributed by atoms with Crippen molar-refractivity contribution >= 4 is 9.84 Å². The van der Waals surface area contributed by atoms with Gasteiger partial charge in [-0.15, -0.1) is 0 Å². The predicted octanol–water partition coefficient (Wildman–Crippen LogP) is 2.76. The topological polar surface area (TPSA) is 46.2 Å². The summed E-state index contributed by atoms with van der Waals surface area (Å²) >= 11 is 0. The predicted molar refractivity (Wildman–Crippen MR) is 82.4 cm³/mol. The average Bonchev–Trinajstić information content (AvgIpc) is 3.24. The van der Waals surface area contributed by atoms with Gasteiger partial charge in [0.1, 0.15) is 0 Å². The lowest BCUT2D eigenvalue weighted by molar-refractivity contribution is 0.240. The second-order valence-corrected chi connectivity index (χ2v) is 11.4. The molecule has 0 radical (unpaired) electrons. The van der Waals surface area contributed by atoms with Crippen molar-refractivity contribution in [3.05, 3.63) is 0 Å². The minimum absolute atomic E-state index is 0.272. The highest BCUT2D eigenvalue weighted by Crippen LogP contribution is 2.61. The van der Waals surface area contributed by atoms with Crippen molar-refractivity contribution in [3.63, 3.8) is 0 Å². The molecule has 3 aliphatic carbocycles. The number of hydrogen-bond acceptors (Lipinski definition) is 3. The van der Waals surface area contributed by atoms with Gasteiger partial charge in [-0.3, -0.25) is 0 Å². The van der Waals surface area contributed by atoms with Crippen molar-refractivity contribution < 1.29 is 8.42 Å². The molecule has 0 heterocycles. The molecule has 0 bridgehead atoms. The Kier molecular flexibility index (Phi) is 3.49. The fraction of sp³-hybridized carbons (Fsp3) is 1.00. The first-order valence-electron chi connectivity index (χ1n) is 8.17. The Morgan fingerprint density at radius 2 is 1.75 bits per heavy atom. The third-order valence-electron chi connectivity index (χ3n) is 5.64. The second-order valence-electron chi connectivity index (χ2n) is 8.50. The molecule has 3 rings (SSSR count). The molecule has 0 aliphatic heterocycles. The van der Waals surface area contributed by atoms with Gasteiger partial charge in [-0.05, 0) is 76.5 Å². The molecule has 0 aromatic rings. The highest BCUT2D eigenvalue weighted by Gasteiger charge is 2.53. The van der Waals surface area contributed by atoms with Crippen LogP contribution in [0.5, 0.6) is 0 Å². The lowest BCUT2D eigenvalue weighted by atomic mass is 9.80. The summed E-state index contributed by atoms with van der Waals surface area (Å²) in [6.45, 7) is 6.51. The summed E-state index contributed by atoms with van der Waals surface area (Å²) in [5.74, 6) is 2.18. The Morgan fingerprint density at radius 3 is 2.25 bits per heavy atom. The van der Waals surface area contributed by atoms with Gasteiger partial charge in [0.25, 0.3) is 0 Å². The zero-order valence-electron chi connectivity index (χ0n) is 13.1. The summed E-state index contributed by atoms with van der Waals surface area (Å²) in [5.41, 5.74) is 0.272. The Hall–Kier alpha value is -0.0900. The number of hydrogen-bond donors (Lipinski definition) is 1. The van der Waals surface area contributed by atoms with E-state index in [9.17, 15) is 8.42 Å². The molecule has 0 amide bonds. The van der Waals surface area contributed by atoms with Crippen LogP contribution in [0.1, 0.15) is 59.3 Å². The summed E-state index contributed by atoms with van der Waals surface area (Å²) in [5, 5.41) is 3.66. The molecule has 3 nitrogen and oxygen atoms in total. The first kappa shape index (κ1) is 14.8. The number of nitrogens with one attached hydrogen (secondary N) is 1. The summed E-state index contributed by atoms with van der Waals surface area (Å²) in [6, 6.07) is 0.725. The molecular formula is C16H29NO2S. The van der Waals surface area contributed by atoms with E-state index in [-0.39, 0.29) is 5.41 Å². The summed E-state index contributed by atoms with van der Waals surface area (Å²) in [7, 11) is -2.98. The van der Waals surface area contributed by atoms with Gasteiger partial charge >= 0.3 is 0 Å². The van der Waals surface area contributed by atoms with E-state index in [1.807, 2.05) is 20.8 Å². The van der Waals surface area contributed by atoms with E-state index < -0.39 is 14.6 Å². The molecule has 0 aromatic heterocycles. The second kappa shape index (κ2) is 4.70. The van der Waals surface area contributed by atoms with Crippen LogP contribution in [0.4, 0.5) is 0 Å². The third kappa shape index (κ3) is 3.06. The monoisotopic (exact) mass is 299 g/mol. The first-order valence-corrected chi connectivity index (χ1v) is 9.82. The number of fused-ring (bicyclic) bond motifs is 1. The van der Waals surface area contributed by atoms with Crippen LogP contribution in [0, 0.1) is 17.3 Å². The maximum absolute atomic E-state index is 12.4. The Morgan fingerprint density at radius 1 is 1.15 bits per heavy atom. The summed E-state index contributed by atoms with van der Waals surface area (Å²) in [4.78, 5) is 0. The molecule has 20 heavy (non-hydrogen) atoms. The van der Waals surface area contributed by atoms with Gasteiger partial charge in [0.15, 0.2) is 9.84 Å². The average molecular weight is 299 g/mol. The Bertz CT molecular complexity index is 463. The molecule has 3 aliphatic rings. The van der Waals surface area contributed by atoms with Crippen LogP contribution in [-0.4, -0.2) is 31.5 Å². The summed E-state index contributed by atoms with van der Waals surface area (Å²) in [6.07, 6.45) is 7.40. The molecular weight excluding hydrogens is 270 g/mol. The molecule has 3 saturated carbocycles. The lowest BCUT2D eigenvalue weighted by Gasteiger charge is -2.32. The largest absolute Gasteiger partial charge is 0.313 e. The van der Waals surface area contributed by atoms with E-state index >= 15 is 0 Å². The maximum Gasteiger partial charge on any atom is 0.155 e. The maximum atomic E-state index is 12.4. The fourth-order valence-corrected chi connectivity index (χ4v) is 5.06. The standard InChI is InChI=1S/C16H29NO2S/c1-15(2,3)20(18,19)7-6-16(11-17-14-4-5-14)9-12-8-13(12)10-16/h12-14,17H,4-11H2,1-3H3. The van der Waals surface area contributed by atoms with Crippen molar-refractivity contribution in [2.45, 2.75) is 70.1 Å². The van der Waals surface area contributed by atoms with Crippen LogP contribution < -0.4 is 5.32 Å². The summed E-state index contributed by atoms with van der Waals surface area (Å²) < 4.78 is 24.1. The smallest absolute Gasteiger partial charge is 0.155 e. The van der Waals surface area contributed by atoms with Gasteiger partial charge in [0.05, 0.1) is 10.5 Å². The molecule has 3 fully saturated rings. The van der Waals surface area contributed by atoms with Gasteiger partial charge in [-0.1, -0.05) is 0 Å². The van der Waals surface area contributed by atoms with Crippen LogP contribution in [0.3, 0.4) is 0 Å². The molecule has 116 valence electrons. The minimum atomic E-state index is -2.98. The zero-order valence-corrected chi connectivity index (χ0v) is 13.9. The highest BCUT2D eigenvalue weighted by molar-refractivity contribution is 7.92. The molecule has 1 N–H and O–H groups in total. The van der Waals surface area contributed by atoms with E-state index in [2.05, 4.69) is 5.32 Å². The van der Waals surface area contributed by atoms with Gasteiger partial charge < -0.3 is 5.32 Å². The Labute approximate surface area is 123 Å². The van der Waals surface area contributed by atoms with Gasteiger partial charge in [0, 0.05) is 12.6 Å². The van der Waals surface area contributed by atoms with Crippen LogP contribution >= 0.6 is 0 Å². The van der Waals surface area contributed by atoms with Crippen molar-refractivity contribution in [3.8, 4) is 0 Å². The Balaban J connectivity index is 1.61. The van der Waals surface area contributed by atoms with E-state index in [4.69, 9.17) is 0 Å². The van der Waals surface area contributed by atoms with Gasteiger partial charge in [-0.25, -0.2) is 8.42 Å². The van der Waals surface area contributed by atoms with Crippen LogP contribution in [0.2, 0.25) is 0 Å². The quantitative estimate of drug-likeness (QED) is 0.820. The SMILES string of the molecule is CC(C)(C)S(=O)(=O)CCC1(CNC2CC2)CC2CC2C1. The molecule has 2 unspecified atom stereocenters. The van der Waals surface area contributed by atoms with Crippen molar-refractivity contribution in [2.24, 2.45) is 17.3 Å². The van der Waals surface area contributed by atoms with E-state index in [1.165, 1.54) is 32.1 Å². The van der Waals surface area contributed by atoms with Crippen LogP contribution in [-0.2, 0) is 9.84 Å². The van der Waals surface area contributed by atoms with Gasteiger partial charge in [-0.2, -0.15) is 0 Å². The number of rotatable bonds is 6. The molecule has 0 saturated heterocycles. The molecule has 0 spiro atoms. The van der Waals surface area contributed by atoms with Crippen molar-refractivity contribution in [1.29, 1.82) is 0 Å². The van der Waals surface area contributed by atoms with Crippen LogP contribution in [0.15, 0.2) is 0 Å². The van der Waals surface area contributed by atoms with Crippen molar-refractivity contribution in [2.75, 3.05) is 12.3 Å². The number of sulfone groups is 1. The highest BCUT2D eigenvalue weighted by atomic mass is 32.2. The molecule has 2 atom stereocenters.